The van der Waals surface area contributed by atoms with E-state index < -0.39 is 6.43 Å². The molecule has 0 bridgehead atoms. The molecule has 0 saturated carbocycles. The third kappa shape index (κ3) is 2.10. The van der Waals surface area contributed by atoms with Crippen LogP contribution in [0, 0.1) is 0 Å². The Morgan fingerprint density at radius 2 is 2.29 bits per heavy atom. The van der Waals surface area contributed by atoms with Crippen LogP contribution in [-0.4, -0.2) is 12.1 Å². The van der Waals surface area contributed by atoms with Gasteiger partial charge in [0.15, 0.2) is 0 Å². The fraction of sp³-hybridized carbons (Fsp3) is 0.375. The number of nitrogens with zero attached hydrogens (tertiary/aromatic N) is 1. The first kappa shape index (κ1) is 11.1. The number of aromatic nitrogens is 1. The van der Waals surface area contributed by atoms with Crippen LogP contribution in [0.3, 0.4) is 0 Å². The number of ether oxygens (including phenoxy) is 1. The zero-order chi connectivity index (χ0) is 10.7. The van der Waals surface area contributed by atoms with Crippen molar-refractivity contribution >= 4 is 11.6 Å². The number of methoxy groups -OCH3 is 1. The lowest BCUT2D eigenvalue weighted by Crippen LogP contribution is -2.05. The van der Waals surface area contributed by atoms with E-state index in [1.807, 2.05) is 0 Å². The summed E-state index contributed by atoms with van der Waals surface area (Å²) in [5.41, 5.74) is 5.35. The van der Waals surface area contributed by atoms with Crippen LogP contribution in [0.1, 0.15) is 17.7 Å². The molecule has 3 nitrogen and oxygen atoms in total. The third-order valence-corrected chi connectivity index (χ3v) is 1.99. The second-order valence-corrected chi connectivity index (χ2v) is 2.88. The Hall–Kier alpha value is -0.940. The maximum Gasteiger partial charge on any atom is 0.266 e. The molecule has 0 aromatic carbocycles. The molecule has 2 N–H and O–H groups in total. The Morgan fingerprint density at radius 3 is 2.71 bits per heavy atom. The minimum Gasteiger partial charge on any atom is -0.495 e. The first-order chi connectivity index (χ1) is 6.60. The number of halogens is 3. The summed E-state index contributed by atoms with van der Waals surface area (Å²) in [6.45, 7) is 0.0897. The molecule has 1 aromatic heterocycles. The SMILES string of the molecule is COc1cc(C(F)F)c(Cl)nc1CN. The van der Waals surface area contributed by atoms with Gasteiger partial charge in [-0.15, -0.1) is 0 Å². The van der Waals surface area contributed by atoms with Gasteiger partial charge in [0.1, 0.15) is 10.9 Å². The zero-order valence-corrected chi connectivity index (χ0v) is 8.18. The molecule has 14 heavy (non-hydrogen) atoms. The van der Waals surface area contributed by atoms with E-state index in [1.165, 1.54) is 7.11 Å². The second kappa shape index (κ2) is 4.52. The van der Waals surface area contributed by atoms with Gasteiger partial charge in [-0.1, -0.05) is 11.6 Å². The summed E-state index contributed by atoms with van der Waals surface area (Å²) < 4.78 is 29.6. The first-order valence-electron chi connectivity index (χ1n) is 3.81. The standard InChI is InChI=1S/C8H9ClF2N2O/c1-14-6-2-4(8(10)11)7(9)13-5(6)3-12/h2,8H,3,12H2,1H3. The van der Waals surface area contributed by atoms with Gasteiger partial charge in [0.05, 0.1) is 18.4 Å². The summed E-state index contributed by atoms with van der Waals surface area (Å²) in [5, 5.41) is -0.235. The van der Waals surface area contributed by atoms with Crippen LogP contribution >= 0.6 is 11.6 Å². The van der Waals surface area contributed by atoms with Crippen molar-refractivity contribution in [3.05, 3.63) is 22.5 Å². The Bertz CT molecular complexity index is 333. The molecule has 0 radical (unpaired) electrons. The Morgan fingerprint density at radius 1 is 1.64 bits per heavy atom. The minimum absolute atomic E-state index is 0.0897. The summed E-state index contributed by atoms with van der Waals surface area (Å²) in [6.07, 6.45) is -2.67. The van der Waals surface area contributed by atoms with Crippen LogP contribution in [0.25, 0.3) is 0 Å². The monoisotopic (exact) mass is 222 g/mol. The van der Waals surface area contributed by atoms with E-state index in [4.69, 9.17) is 22.1 Å². The zero-order valence-electron chi connectivity index (χ0n) is 7.43. The number of pyridine rings is 1. The predicted molar refractivity (Wildman–Crippen MR) is 48.6 cm³/mol. The minimum atomic E-state index is -2.67. The van der Waals surface area contributed by atoms with E-state index >= 15 is 0 Å². The average Bonchev–Trinajstić information content (AvgIpc) is 2.16. The molecule has 0 aliphatic rings. The fourth-order valence-corrected chi connectivity index (χ4v) is 1.24. The quantitative estimate of drug-likeness (QED) is 0.798. The van der Waals surface area contributed by atoms with Crippen LogP contribution in [0.4, 0.5) is 8.78 Å². The highest BCUT2D eigenvalue weighted by atomic mass is 35.5. The van der Waals surface area contributed by atoms with Gasteiger partial charge in [0.25, 0.3) is 6.43 Å². The van der Waals surface area contributed by atoms with Crippen molar-refractivity contribution in [2.24, 2.45) is 5.73 Å². The molecule has 0 aliphatic heterocycles. The molecule has 78 valence electrons. The maximum absolute atomic E-state index is 12.4. The van der Waals surface area contributed by atoms with Gasteiger partial charge in [-0.2, -0.15) is 0 Å². The molecule has 1 rings (SSSR count). The highest BCUT2D eigenvalue weighted by molar-refractivity contribution is 6.30. The molecule has 0 unspecified atom stereocenters. The summed E-state index contributed by atoms with van der Waals surface area (Å²) in [5.74, 6) is 0.229. The Kier molecular flexibility index (Phi) is 3.60. The molecule has 1 heterocycles. The van der Waals surface area contributed by atoms with E-state index in [2.05, 4.69) is 4.98 Å². The third-order valence-electron chi connectivity index (χ3n) is 1.69. The van der Waals surface area contributed by atoms with Crippen molar-refractivity contribution in [2.75, 3.05) is 7.11 Å². The fourth-order valence-electron chi connectivity index (χ4n) is 0.998. The lowest BCUT2D eigenvalue weighted by atomic mass is 10.2. The molecule has 1 aromatic rings. The van der Waals surface area contributed by atoms with Gasteiger partial charge >= 0.3 is 0 Å². The van der Waals surface area contributed by atoms with Crippen LogP contribution < -0.4 is 10.5 Å². The maximum atomic E-state index is 12.4. The second-order valence-electron chi connectivity index (χ2n) is 2.52. The first-order valence-corrected chi connectivity index (χ1v) is 4.19. The van der Waals surface area contributed by atoms with Gasteiger partial charge in [-0.05, 0) is 6.07 Å². The van der Waals surface area contributed by atoms with E-state index in [0.717, 1.165) is 6.07 Å². The smallest absolute Gasteiger partial charge is 0.266 e. The lowest BCUT2D eigenvalue weighted by Gasteiger charge is -2.09. The van der Waals surface area contributed by atoms with Crippen molar-refractivity contribution in [3.63, 3.8) is 0 Å². The normalized spacial score (nSPS) is 10.7. The van der Waals surface area contributed by atoms with Crippen molar-refractivity contribution in [1.82, 2.24) is 4.98 Å². The number of hydrogen-bond donors (Lipinski definition) is 1. The summed E-state index contributed by atoms with van der Waals surface area (Å²) in [7, 11) is 1.36. The summed E-state index contributed by atoms with van der Waals surface area (Å²) >= 11 is 5.53. The highest BCUT2D eigenvalue weighted by Crippen LogP contribution is 2.30. The number of alkyl halides is 2. The molecule has 0 amide bonds. The predicted octanol–water partition coefficient (Wildman–Crippen LogP) is 2.14. The van der Waals surface area contributed by atoms with Gasteiger partial charge < -0.3 is 10.5 Å². The molecule has 0 atom stereocenters. The van der Waals surface area contributed by atoms with Crippen LogP contribution in [0.15, 0.2) is 6.07 Å². The molecule has 0 fully saturated rings. The molecule has 0 spiro atoms. The largest absolute Gasteiger partial charge is 0.495 e. The molecule has 0 aliphatic carbocycles. The number of hydrogen-bond acceptors (Lipinski definition) is 3. The van der Waals surface area contributed by atoms with E-state index in [1.54, 1.807) is 0 Å². The molecular weight excluding hydrogens is 214 g/mol. The van der Waals surface area contributed by atoms with Crippen molar-refractivity contribution in [2.45, 2.75) is 13.0 Å². The van der Waals surface area contributed by atoms with Crippen LogP contribution in [0.5, 0.6) is 5.75 Å². The molecule has 0 saturated heterocycles. The summed E-state index contributed by atoms with van der Waals surface area (Å²) in [6, 6.07) is 1.15. The van der Waals surface area contributed by atoms with Gasteiger partial charge in [0.2, 0.25) is 0 Å². The van der Waals surface area contributed by atoms with Gasteiger partial charge in [-0.25, -0.2) is 13.8 Å². The van der Waals surface area contributed by atoms with E-state index in [-0.39, 0.29) is 23.0 Å². The molecular formula is C8H9ClF2N2O. The average molecular weight is 223 g/mol. The summed E-state index contributed by atoms with van der Waals surface area (Å²) in [4.78, 5) is 3.72. The highest BCUT2D eigenvalue weighted by Gasteiger charge is 2.16. The molecule has 6 heteroatoms. The Labute approximate surface area is 84.8 Å². The van der Waals surface area contributed by atoms with Crippen molar-refractivity contribution in [1.29, 1.82) is 0 Å². The van der Waals surface area contributed by atoms with Crippen LogP contribution in [0.2, 0.25) is 5.15 Å². The van der Waals surface area contributed by atoms with Crippen molar-refractivity contribution < 1.29 is 13.5 Å². The lowest BCUT2D eigenvalue weighted by molar-refractivity contribution is 0.150. The Balaban J connectivity index is 3.23. The van der Waals surface area contributed by atoms with E-state index in [9.17, 15) is 8.78 Å². The van der Waals surface area contributed by atoms with E-state index in [0.29, 0.717) is 5.69 Å². The van der Waals surface area contributed by atoms with Crippen LogP contribution in [-0.2, 0) is 6.54 Å². The number of nitrogens with two attached hydrogens (primary N) is 1. The van der Waals surface area contributed by atoms with Gasteiger partial charge in [0, 0.05) is 6.54 Å². The van der Waals surface area contributed by atoms with Crippen molar-refractivity contribution in [3.8, 4) is 5.75 Å². The topological polar surface area (TPSA) is 48.1 Å². The van der Waals surface area contributed by atoms with Gasteiger partial charge in [-0.3, -0.25) is 0 Å². The number of rotatable bonds is 3.